The molecule has 1 unspecified atom stereocenters. The largest absolute Gasteiger partial charge is 0.497 e. The molecule has 1 atom stereocenters. The van der Waals surface area contributed by atoms with Gasteiger partial charge >= 0.3 is 0 Å². The number of allylic oxidation sites excluding steroid dienone is 1. The van der Waals surface area contributed by atoms with Crippen LogP contribution >= 0.6 is 0 Å². The van der Waals surface area contributed by atoms with Crippen LogP contribution in [0.15, 0.2) is 53.4 Å². The first kappa shape index (κ1) is 16.7. The van der Waals surface area contributed by atoms with E-state index in [0.29, 0.717) is 0 Å². The van der Waals surface area contributed by atoms with Gasteiger partial charge in [-0.1, -0.05) is 29.8 Å². The smallest absolute Gasteiger partial charge is 0.297 e. The van der Waals surface area contributed by atoms with Crippen LogP contribution in [0.4, 0.5) is 0 Å². The lowest BCUT2D eigenvalue weighted by Gasteiger charge is -2.16. The van der Waals surface area contributed by atoms with E-state index in [1.807, 2.05) is 31.2 Å². The van der Waals surface area contributed by atoms with Crippen LogP contribution in [-0.2, 0) is 20.7 Å². The highest BCUT2D eigenvalue weighted by Crippen LogP contribution is 2.34. The van der Waals surface area contributed by atoms with Gasteiger partial charge in [0.25, 0.3) is 10.1 Å². The molecule has 0 fully saturated rings. The van der Waals surface area contributed by atoms with E-state index in [1.165, 1.54) is 0 Å². The summed E-state index contributed by atoms with van der Waals surface area (Å²) in [7, 11) is -2.19. The number of fused-ring (bicyclic) bond motifs is 1. The van der Waals surface area contributed by atoms with Gasteiger partial charge in [0.15, 0.2) is 0 Å². The van der Waals surface area contributed by atoms with E-state index in [-0.39, 0.29) is 4.90 Å². The zero-order valence-electron chi connectivity index (χ0n) is 13.9. The van der Waals surface area contributed by atoms with Crippen molar-refractivity contribution < 1.29 is 17.3 Å². The molecule has 0 spiro atoms. The predicted octanol–water partition coefficient (Wildman–Crippen LogP) is 3.74. The lowest BCUT2D eigenvalue weighted by molar-refractivity contribution is 0.283. The third-order valence-electron chi connectivity index (χ3n) is 4.19. The summed E-state index contributed by atoms with van der Waals surface area (Å²) >= 11 is 0. The molecule has 0 aromatic heterocycles. The average Bonchev–Trinajstić information content (AvgIpc) is 2.97. The summed E-state index contributed by atoms with van der Waals surface area (Å²) in [5.74, 6) is 0.746. The van der Waals surface area contributed by atoms with Gasteiger partial charge < -0.3 is 4.74 Å². The number of methoxy groups -OCH3 is 1. The number of benzene rings is 2. The highest BCUT2D eigenvalue weighted by Gasteiger charge is 2.26. The van der Waals surface area contributed by atoms with Crippen LogP contribution in [-0.4, -0.2) is 21.6 Å². The Labute approximate surface area is 142 Å². The van der Waals surface area contributed by atoms with Crippen molar-refractivity contribution in [3.63, 3.8) is 0 Å². The van der Waals surface area contributed by atoms with E-state index in [1.54, 1.807) is 38.3 Å². The van der Waals surface area contributed by atoms with Gasteiger partial charge in [-0.15, -0.1) is 0 Å². The summed E-state index contributed by atoms with van der Waals surface area (Å²) in [6.45, 7) is 3.67. The molecule has 0 amide bonds. The molecule has 0 saturated carbocycles. The minimum Gasteiger partial charge on any atom is -0.497 e. The maximum absolute atomic E-state index is 12.5. The zero-order valence-corrected chi connectivity index (χ0v) is 14.8. The first-order valence-electron chi connectivity index (χ1n) is 7.78. The molecule has 0 saturated heterocycles. The number of aryl methyl sites for hydroxylation is 1. The number of hydrogen-bond donors (Lipinski definition) is 0. The minimum absolute atomic E-state index is 0.171. The average molecular weight is 344 g/mol. The van der Waals surface area contributed by atoms with Crippen LogP contribution in [0, 0.1) is 6.92 Å². The molecule has 4 nitrogen and oxygen atoms in total. The molecule has 1 aliphatic rings. The second-order valence-corrected chi connectivity index (χ2v) is 7.46. The first-order chi connectivity index (χ1) is 11.4. The van der Waals surface area contributed by atoms with Crippen molar-refractivity contribution in [3.05, 3.63) is 65.2 Å². The molecule has 24 heavy (non-hydrogen) atoms. The third kappa shape index (κ3) is 3.23. The second-order valence-electron chi connectivity index (χ2n) is 5.89. The Bertz CT molecular complexity index is 880. The van der Waals surface area contributed by atoms with E-state index in [2.05, 4.69) is 0 Å². The van der Waals surface area contributed by atoms with Crippen LogP contribution in [0.3, 0.4) is 0 Å². The molecule has 2 aromatic rings. The molecule has 126 valence electrons. The second kappa shape index (κ2) is 6.42. The van der Waals surface area contributed by atoms with Crippen LogP contribution in [0.5, 0.6) is 5.75 Å². The molecule has 0 bridgehead atoms. The molecule has 2 aromatic carbocycles. The summed E-state index contributed by atoms with van der Waals surface area (Å²) in [6, 6.07) is 12.5. The predicted molar refractivity (Wildman–Crippen MR) is 93.6 cm³/mol. The highest BCUT2D eigenvalue weighted by atomic mass is 32.2. The monoisotopic (exact) mass is 344 g/mol. The Morgan fingerprint density at radius 1 is 1.08 bits per heavy atom. The molecule has 0 N–H and O–H groups in total. The maximum atomic E-state index is 12.5. The Balaban J connectivity index is 1.84. The van der Waals surface area contributed by atoms with Gasteiger partial charge in [0.2, 0.25) is 0 Å². The fourth-order valence-corrected chi connectivity index (χ4v) is 3.91. The van der Waals surface area contributed by atoms with Crippen molar-refractivity contribution in [2.24, 2.45) is 0 Å². The van der Waals surface area contributed by atoms with Gasteiger partial charge in [-0.05, 0) is 61.2 Å². The zero-order chi connectivity index (χ0) is 17.3. The first-order valence-corrected chi connectivity index (χ1v) is 9.19. The fraction of sp³-hybridized carbons (Fsp3) is 0.263. The van der Waals surface area contributed by atoms with E-state index < -0.39 is 16.2 Å². The van der Waals surface area contributed by atoms with Crippen LogP contribution in [0.1, 0.15) is 23.6 Å². The molecule has 5 heteroatoms. The number of hydrogen-bond acceptors (Lipinski definition) is 4. The highest BCUT2D eigenvalue weighted by molar-refractivity contribution is 7.86. The van der Waals surface area contributed by atoms with Gasteiger partial charge in [-0.3, -0.25) is 4.18 Å². The molecule has 0 aliphatic heterocycles. The van der Waals surface area contributed by atoms with Crippen molar-refractivity contribution in [1.29, 1.82) is 0 Å². The quantitative estimate of drug-likeness (QED) is 0.776. The Morgan fingerprint density at radius 3 is 2.46 bits per heavy atom. The lowest BCUT2D eigenvalue weighted by Crippen LogP contribution is -2.17. The summed E-state index contributed by atoms with van der Waals surface area (Å²) < 4.78 is 35.6. The third-order valence-corrected chi connectivity index (χ3v) is 5.58. The van der Waals surface area contributed by atoms with Crippen molar-refractivity contribution in [2.45, 2.75) is 31.3 Å². The topological polar surface area (TPSA) is 52.6 Å². The van der Waals surface area contributed by atoms with E-state index in [4.69, 9.17) is 8.92 Å². The normalized spacial score (nSPS) is 14.9. The van der Waals surface area contributed by atoms with E-state index >= 15 is 0 Å². The van der Waals surface area contributed by atoms with E-state index in [9.17, 15) is 8.42 Å². The maximum Gasteiger partial charge on any atom is 0.297 e. The summed E-state index contributed by atoms with van der Waals surface area (Å²) in [4.78, 5) is 0.171. The SMILES string of the molecule is COc1ccc2c(c1)C(C(C)OS(=O)(=O)c1ccc(C)cc1)=CC2. The van der Waals surface area contributed by atoms with Gasteiger partial charge in [0, 0.05) is 0 Å². The molecule has 0 radical (unpaired) electrons. The number of ether oxygens (including phenoxy) is 1. The fourth-order valence-electron chi connectivity index (χ4n) is 2.85. The van der Waals surface area contributed by atoms with Crippen LogP contribution < -0.4 is 4.74 Å². The standard InChI is InChI=1S/C19H20O4S/c1-13-4-9-17(10-5-13)24(20,21)23-14(2)18-11-7-15-6-8-16(22-3)12-19(15)18/h4-6,8-12,14H,7H2,1-3H3. The van der Waals surface area contributed by atoms with Crippen LogP contribution in [0.25, 0.3) is 5.57 Å². The van der Waals surface area contributed by atoms with Gasteiger partial charge in [0.1, 0.15) is 5.75 Å². The molecule has 3 rings (SSSR count). The van der Waals surface area contributed by atoms with Crippen LogP contribution in [0.2, 0.25) is 0 Å². The van der Waals surface area contributed by atoms with Gasteiger partial charge in [-0.25, -0.2) is 0 Å². The minimum atomic E-state index is -3.80. The lowest BCUT2D eigenvalue weighted by atomic mass is 10.0. The van der Waals surface area contributed by atoms with E-state index in [0.717, 1.165) is 34.4 Å². The van der Waals surface area contributed by atoms with Gasteiger partial charge in [0.05, 0.1) is 18.1 Å². The number of rotatable bonds is 5. The molecular formula is C19H20O4S. The van der Waals surface area contributed by atoms with Crippen molar-refractivity contribution in [1.82, 2.24) is 0 Å². The molecule has 1 aliphatic carbocycles. The summed E-state index contributed by atoms with van der Waals surface area (Å²) in [5, 5.41) is 0. The molecule has 0 heterocycles. The van der Waals surface area contributed by atoms with Crippen molar-refractivity contribution in [3.8, 4) is 5.75 Å². The summed E-state index contributed by atoms with van der Waals surface area (Å²) in [5.41, 5.74) is 4.01. The Kier molecular flexibility index (Phi) is 4.47. The Morgan fingerprint density at radius 2 is 1.79 bits per heavy atom. The van der Waals surface area contributed by atoms with Gasteiger partial charge in [-0.2, -0.15) is 8.42 Å². The molecular weight excluding hydrogens is 324 g/mol. The van der Waals surface area contributed by atoms with Crippen molar-refractivity contribution >= 4 is 15.7 Å². The van der Waals surface area contributed by atoms with Crippen molar-refractivity contribution in [2.75, 3.05) is 7.11 Å². The Hall–Kier alpha value is -2.11. The summed E-state index contributed by atoms with van der Waals surface area (Å²) in [6.07, 6.45) is 2.22.